The van der Waals surface area contributed by atoms with Gasteiger partial charge in [-0.2, -0.15) is 5.10 Å². The van der Waals surface area contributed by atoms with Crippen LogP contribution in [0.2, 0.25) is 0 Å². The lowest BCUT2D eigenvalue weighted by Crippen LogP contribution is -2.45. The van der Waals surface area contributed by atoms with E-state index in [1.807, 2.05) is 53.4 Å². The summed E-state index contributed by atoms with van der Waals surface area (Å²) in [6.07, 6.45) is 6.79. The molecule has 1 N–H and O–H groups in total. The number of benzene rings is 2. The second-order valence-corrected chi connectivity index (χ2v) is 9.08. The van der Waals surface area contributed by atoms with E-state index in [4.69, 9.17) is 0 Å². The van der Waals surface area contributed by atoms with Gasteiger partial charge in [-0.15, -0.1) is 0 Å². The maximum Gasteiger partial charge on any atom is 0.271 e. The Morgan fingerprint density at radius 2 is 1.84 bits per heavy atom. The number of anilines is 1. The molecule has 160 valence electrons. The van der Waals surface area contributed by atoms with Crippen molar-refractivity contribution in [1.82, 2.24) is 9.99 Å². The number of hydrogen-bond acceptors (Lipinski definition) is 3. The van der Waals surface area contributed by atoms with Gasteiger partial charge in [-0.1, -0.05) is 6.92 Å². The van der Waals surface area contributed by atoms with Crippen molar-refractivity contribution in [3.8, 4) is 5.69 Å². The average Bonchev–Trinajstić information content (AvgIpc) is 3.27. The highest BCUT2D eigenvalue weighted by atomic mass is 16.2. The number of fused-ring (bicyclic) bond motifs is 1. The van der Waals surface area contributed by atoms with Gasteiger partial charge >= 0.3 is 0 Å². The van der Waals surface area contributed by atoms with Crippen molar-refractivity contribution in [3.63, 3.8) is 0 Å². The van der Waals surface area contributed by atoms with Crippen LogP contribution in [0.25, 0.3) is 5.69 Å². The highest BCUT2D eigenvalue weighted by Crippen LogP contribution is 2.43. The molecule has 0 fully saturated rings. The number of aromatic nitrogens is 1. The van der Waals surface area contributed by atoms with Crippen LogP contribution in [-0.4, -0.2) is 29.3 Å². The maximum absolute atomic E-state index is 12.5. The summed E-state index contributed by atoms with van der Waals surface area (Å²) in [5.41, 5.74) is 9.17. The molecule has 2 aromatic carbocycles. The van der Waals surface area contributed by atoms with Crippen molar-refractivity contribution in [1.29, 1.82) is 0 Å². The van der Waals surface area contributed by atoms with Crippen molar-refractivity contribution in [2.24, 2.45) is 5.10 Å². The van der Waals surface area contributed by atoms with Crippen LogP contribution in [0.15, 0.2) is 66.0 Å². The summed E-state index contributed by atoms with van der Waals surface area (Å²) in [6, 6.07) is 15.8. The van der Waals surface area contributed by atoms with Gasteiger partial charge in [0, 0.05) is 41.9 Å². The fourth-order valence-corrected chi connectivity index (χ4v) is 4.39. The van der Waals surface area contributed by atoms with Crippen LogP contribution in [-0.2, 0) is 0 Å². The molecule has 2 heterocycles. The van der Waals surface area contributed by atoms with Crippen LogP contribution in [0.5, 0.6) is 0 Å². The number of hydrogen-bond donors (Lipinski definition) is 1. The average molecular weight is 415 g/mol. The van der Waals surface area contributed by atoms with E-state index in [0.29, 0.717) is 11.5 Å². The Morgan fingerprint density at radius 3 is 2.52 bits per heavy atom. The SMILES string of the molecule is Cc1cc2c(cc1/C=N/NC(=O)c1ccc(-n3cccc3)cc1)C(C)CC(C)(C)N2C. The molecule has 0 bridgehead atoms. The molecule has 1 aliphatic heterocycles. The number of aryl methyl sites for hydroxylation is 1. The Bertz CT molecular complexity index is 1110. The van der Waals surface area contributed by atoms with Crippen LogP contribution >= 0.6 is 0 Å². The van der Waals surface area contributed by atoms with Gasteiger partial charge < -0.3 is 9.47 Å². The monoisotopic (exact) mass is 414 g/mol. The molecule has 0 saturated heterocycles. The maximum atomic E-state index is 12.5. The van der Waals surface area contributed by atoms with E-state index in [0.717, 1.165) is 23.2 Å². The summed E-state index contributed by atoms with van der Waals surface area (Å²) in [4.78, 5) is 14.8. The highest BCUT2D eigenvalue weighted by molar-refractivity contribution is 5.95. The van der Waals surface area contributed by atoms with Gasteiger partial charge in [-0.05, 0) is 98.3 Å². The zero-order valence-electron chi connectivity index (χ0n) is 18.9. The molecule has 1 aliphatic rings. The summed E-state index contributed by atoms with van der Waals surface area (Å²) in [5.74, 6) is 0.253. The van der Waals surface area contributed by atoms with Gasteiger partial charge in [0.15, 0.2) is 0 Å². The quantitative estimate of drug-likeness (QED) is 0.467. The van der Waals surface area contributed by atoms with Crippen LogP contribution in [0.1, 0.15) is 60.2 Å². The molecule has 1 unspecified atom stereocenters. The zero-order chi connectivity index (χ0) is 22.2. The van der Waals surface area contributed by atoms with Crippen molar-refractivity contribution in [3.05, 3.63) is 83.2 Å². The second kappa shape index (κ2) is 8.06. The van der Waals surface area contributed by atoms with Gasteiger partial charge in [-0.3, -0.25) is 4.79 Å². The molecular weight excluding hydrogens is 384 g/mol. The number of nitrogens with one attached hydrogen (secondary N) is 1. The largest absolute Gasteiger partial charge is 0.369 e. The molecule has 0 spiro atoms. The Morgan fingerprint density at radius 1 is 1.16 bits per heavy atom. The molecule has 31 heavy (non-hydrogen) atoms. The van der Waals surface area contributed by atoms with E-state index in [9.17, 15) is 4.79 Å². The predicted octanol–water partition coefficient (Wildman–Crippen LogP) is 5.27. The van der Waals surface area contributed by atoms with Crippen LogP contribution < -0.4 is 10.3 Å². The minimum Gasteiger partial charge on any atom is -0.369 e. The van der Waals surface area contributed by atoms with Crippen LogP contribution in [0, 0.1) is 6.92 Å². The first kappa shape index (κ1) is 20.9. The standard InChI is InChI=1S/C26H30N4O/c1-18-14-24-23(19(2)16-26(3,4)29(24)5)15-21(18)17-27-28-25(31)20-8-10-22(11-9-20)30-12-6-7-13-30/h6-15,17,19H,16H2,1-5H3,(H,28,31)/b27-17+. The minimum absolute atomic E-state index is 0.138. The van der Waals surface area contributed by atoms with E-state index in [2.05, 4.69) is 62.3 Å². The van der Waals surface area contributed by atoms with Gasteiger partial charge in [0.25, 0.3) is 5.91 Å². The molecular formula is C26H30N4O. The fraction of sp³-hybridized carbons (Fsp3) is 0.308. The minimum atomic E-state index is -0.222. The first-order valence-electron chi connectivity index (χ1n) is 10.7. The molecule has 0 aliphatic carbocycles. The normalized spacial score (nSPS) is 17.6. The molecule has 4 rings (SSSR count). The zero-order valence-corrected chi connectivity index (χ0v) is 18.9. The lowest BCUT2D eigenvalue weighted by molar-refractivity contribution is 0.0955. The molecule has 1 atom stereocenters. The molecule has 3 aromatic rings. The Labute approximate surface area is 184 Å². The lowest BCUT2D eigenvalue weighted by Gasteiger charge is -2.45. The molecule has 0 saturated carbocycles. The molecule has 5 heteroatoms. The first-order valence-corrected chi connectivity index (χ1v) is 10.7. The predicted molar refractivity (Wildman–Crippen MR) is 128 cm³/mol. The van der Waals surface area contributed by atoms with Crippen molar-refractivity contribution >= 4 is 17.8 Å². The summed E-state index contributed by atoms with van der Waals surface area (Å²) in [6.45, 7) is 8.95. The molecule has 1 amide bonds. The van der Waals surface area contributed by atoms with Gasteiger partial charge in [0.05, 0.1) is 6.21 Å². The smallest absolute Gasteiger partial charge is 0.271 e. The summed E-state index contributed by atoms with van der Waals surface area (Å²) in [7, 11) is 2.17. The number of amides is 1. The van der Waals surface area contributed by atoms with E-state index in [1.54, 1.807) is 6.21 Å². The number of carbonyl (C=O) groups excluding carboxylic acids is 1. The summed E-state index contributed by atoms with van der Waals surface area (Å²) < 4.78 is 2.00. The third-order valence-electron chi connectivity index (χ3n) is 6.42. The number of rotatable bonds is 4. The number of hydrazone groups is 1. The van der Waals surface area contributed by atoms with Gasteiger partial charge in [-0.25, -0.2) is 5.43 Å². The molecule has 1 aromatic heterocycles. The van der Waals surface area contributed by atoms with Crippen molar-refractivity contribution in [2.75, 3.05) is 11.9 Å². The van der Waals surface area contributed by atoms with E-state index < -0.39 is 0 Å². The lowest BCUT2D eigenvalue weighted by atomic mass is 9.79. The fourth-order valence-electron chi connectivity index (χ4n) is 4.39. The summed E-state index contributed by atoms with van der Waals surface area (Å²) >= 11 is 0. The third kappa shape index (κ3) is 4.13. The number of nitrogens with zero attached hydrogens (tertiary/aromatic N) is 3. The first-order chi connectivity index (χ1) is 14.8. The van der Waals surface area contributed by atoms with Crippen molar-refractivity contribution < 1.29 is 4.79 Å². The van der Waals surface area contributed by atoms with Gasteiger partial charge in [0.2, 0.25) is 0 Å². The van der Waals surface area contributed by atoms with Gasteiger partial charge in [0.1, 0.15) is 0 Å². The van der Waals surface area contributed by atoms with E-state index >= 15 is 0 Å². The Balaban J connectivity index is 1.48. The van der Waals surface area contributed by atoms with E-state index in [1.165, 1.54) is 11.3 Å². The molecule has 5 nitrogen and oxygen atoms in total. The highest BCUT2D eigenvalue weighted by Gasteiger charge is 2.34. The third-order valence-corrected chi connectivity index (χ3v) is 6.42. The van der Waals surface area contributed by atoms with E-state index in [-0.39, 0.29) is 11.4 Å². The summed E-state index contributed by atoms with van der Waals surface area (Å²) in [5, 5.41) is 4.23. The second-order valence-electron chi connectivity index (χ2n) is 9.08. The Hall–Kier alpha value is -3.34. The van der Waals surface area contributed by atoms with Crippen LogP contribution in [0.4, 0.5) is 5.69 Å². The topological polar surface area (TPSA) is 49.6 Å². The Kier molecular flexibility index (Phi) is 5.44. The number of carbonyl (C=O) groups is 1. The molecule has 0 radical (unpaired) electrons. The van der Waals surface area contributed by atoms with Crippen molar-refractivity contribution in [2.45, 2.75) is 45.6 Å². The van der Waals surface area contributed by atoms with Crippen LogP contribution in [0.3, 0.4) is 0 Å².